The number of nitrogens with zero attached hydrogens (tertiary/aromatic N) is 5. The third kappa shape index (κ3) is 14.4. The van der Waals surface area contributed by atoms with Crippen molar-refractivity contribution in [3.05, 3.63) is 149 Å². The van der Waals surface area contributed by atoms with Crippen LogP contribution in [0.2, 0.25) is 5.02 Å². The zero-order valence-corrected chi connectivity index (χ0v) is 43.9. The summed E-state index contributed by atoms with van der Waals surface area (Å²) in [7, 11) is 1.59. The van der Waals surface area contributed by atoms with Crippen molar-refractivity contribution in [3.8, 4) is 17.2 Å². The molecule has 78 heavy (non-hydrogen) atoms. The molecule has 1 saturated carbocycles. The van der Waals surface area contributed by atoms with E-state index in [1.54, 1.807) is 29.0 Å². The number of fused-ring (bicyclic) bond motifs is 2. The van der Waals surface area contributed by atoms with Gasteiger partial charge in [-0.3, -0.25) is 14.5 Å². The number of halogens is 3. The Morgan fingerprint density at radius 2 is 1.53 bits per heavy atom. The van der Waals surface area contributed by atoms with Crippen LogP contribution in [0.25, 0.3) is 5.57 Å². The van der Waals surface area contributed by atoms with E-state index in [2.05, 4.69) is 9.68 Å². The molecule has 416 valence electrons. The number of carbonyl (C=O) groups is 4. The van der Waals surface area contributed by atoms with Crippen molar-refractivity contribution in [1.29, 1.82) is 0 Å². The van der Waals surface area contributed by atoms with E-state index in [0.29, 0.717) is 42.6 Å². The number of carbonyl (C=O) groups excluding carboxylic acids is 4. The topological polar surface area (TPSA) is 229 Å². The number of hydrogen-bond acceptors (Lipinski definition) is 15. The van der Waals surface area contributed by atoms with Crippen LogP contribution < -0.4 is 14.2 Å². The second-order valence-corrected chi connectivity index (χ2v) is 20.0. The highest BCUT2D eigenvalue weighted by atomic mass is 35.5. The fraction of sp³-hybridized carbons (Fsp3) is 0.455. The van der Waals surface area contributed by atoms with Gasteiger partial charge in [0.05, 0.1) is 33.0 Å². The first kappa shape index (κ1) is 56.5. The number of aryl methyl sites for hydroxylation is 2. The molecule has 20 nitrogen and oxygen atoms in total. The molecule has 4 aromatic carbocycles. The van der Waals surface area contributed by atoms with Crippen molar-refractivity contribution < 1.29 is 71.5 Å². The predicted octanol–water partition coefficient (Wildman–Crippen LogP) is 9.78. The van der Waals surface area contributed by atoms with Gasteiger partial charge in [0.15, 0.2) is 11.6 Å². The van der Waals surface area contributed by atoms with Gasteiger partial charge in [-0.05, 0) is 128 Å². The highest BCUT2D eigenvalue weighted by molar-refractivity contribution is 6.32. The lowest BCUT2D eigenvalue weighted by molar-refractivity contribution is -0.763. The number of rotatable bonds is 23. The molecule has 3 atom stereocenters. The van der Waals surface area contributed by atoms with Gasteiger partial charge in [0.25, 0.3) is 16.1 Å². The summed E-state index contributed by atoms with van der Waals surface area (Å²) in [5.41, 5.74) is 4.93. The predicted molar refractivity (Wildman–Crippen MR) is 275 cm³/mol. The van der Waals surface area contributed by atoms with Gasteiger partial charge in [-0.1, -0.05) is 60.1 Å². The van der Waals surface area contributed by atoms with Gasteiger partial charge in [-0.15, -0.1) is 20.2 Å². The highest BCUT2D eigenvalue weighted by Crippen LogP contribution is 2.46. The number of ether oxygens (including phenoxy) is 5. The monoisotopic (exact) mass is 1100 g/mol. The van der Waals surface area contributed by atoms with E-state index in [1.165, 1.54) is 12.1 Å². The fourth-order valence-corrected chi connectivity index (χ4v) is 10.6. The SMILES string of the molecule is COc1ccc(CN(C(=O)C2=C(c3ccc(CCCOc4c(F)ccc(F)c4Cl)cc3)CC3CC(C(=O)N4CCC(OC(=O)Oc5cccc(CO[N+](=O)[O-])c5)CC4)CC2N3C(=O)OCCCCO[N+](=O)[O-])C2CC2)cc1C. The maximum Gasteiger partial charge on any atom is 0.514 e. The smallest absolute Gasteiger partial charge is 0.496 e. The number of methoxy groups -OCH3 is 1. The van der Waals surface area contributed by atoms with Crippen molar-refractivity contribution in [2.75, 3.05) is 40.0 Å². The molecule has 3 amide bonds. The molecule has 0 aromatic heterocycles. The van der Waals surface area contributed by atoms with E-state index in [4.69, 9.17) is 35.3 Å². The first-order valence-corrected chi connectivity index (χ1v) is 26.2. The number of amides is 3. The van der Waals surface area contributed by atoms with Crippen LogP contribution in [0.3, 0.4) is 0 Å². The average Bonchev–Trinajstić information content (AvgIpc) is 4.40. The molecule has 23 heteroatoms. The van der Waals surface area contributed by atoms with Crippen LogP contribution in [0.15, 0.2) is 84.4 Å². The Labute approximate surface area is 453 Å². The average molecular weight is 1100 g/mol. The Hall–Kier alpha value is -7.75. The largest absolute Gasteiger partial charge is 0.514 e. The molecule has 0 radical (unpaired) electrons. The molecule has 3 aliphatic heterocycles. The van der Waals surface area contributed by atoms with Crippen LogP contribution >= 0.6 is 11.6 Å². The van der Waals surface area contributed by atoms with E-state index in [0.717, 1.165) is 52.8 Å². The fourth-order valence-electron chi connectivity index (χ4n) is 10.4. The van der Waals surface area contributed by atoms with Gasteiger partial charge < -0.3 is 43.2 Å². The minimum Gasteiger partial charge on any atom is -0.496 e. The second kappa shape index (κ2) is 26.1. The summed E-state index contributed by atoms with van der Waals surface area (Å²) in [6.45, 7) is 2.16. The minimum absolute atomic E-state index is 0.0584. The lowest BCUT2D eigenvalue weighted by atomic mass is 9.73. The van der Waals surface area contributed by atoms with Crippen molar-refractivity contribution in [2.45, 2.75) is 115 Å². The molecule has 8 rings (SSSR count). The van der Waals surface area contributed by atoms with Gasteiger partial charge in [0, 0.05) is 56.1 Å². The molecule has 4 aromatic rings. The summed E-state index contributed by atoms with van der Waals surface area (Å²) < 4.78 is 56.3. The molecule has 2 bridgehead atoms. The van der Waals surface area contributed by atoms with Gasteiger partial charge in [0.2, 0.25) is 5.91 Å². The third-order valence-electron chi connectivity index (χ3n) is 14.3. The number of likely N-dealkylation sites (tertiary alicyclic amines) is 1. The Morgan fingerprint density at radius 3 is 2.23 bits per heavy atom. The van der Waals surface area contributed by atoms with E-state index >= 15 is 4.79 Å². The molecular formula is C55H60ClF2N5O15. The van der Waals surface area contributed by atoms with Crippen molar-refractivity contribution in [3.63, 3.8) is 0 Å². The zero-order chi connectivity index (χ0) is 55.5. The van der Waals surface area contributed by atoms with Crippen LogP contribution in [0.4, 0.5) is 18.4 Å². The minimum atomic E-state index is -0.975. The second-order valence-electron chi connectivity index (χ2n) is 19.6. The molecule has 1 aliphatic carbocycles. The summed E-state index contributed by atoms with van der Waals surface area (Å²) in [4.78, 5) is 93.1. The van der Waals surface area contributed by atoms with Crippen molar-refractivity contribution in [1.82, 2.24) is 14.7 Å². The van der Waals surface area contributed by atoms with Crippen LogP contribution in [0.5, 0.6) is 17.2 Å². The van der Waals surface area contributed by atoms with Crippen LogP contribution in [-0.4, -0.2) is 113 Å². The van der Waals surface area contributed by atoms with E-state index < -0.39 is 63.2 Å². The Balaban J connectivity index is 1.04. The molecule has 3 unspecified atom stereocenters. The number of hydrogen-bond donors (Lipinski definition) is 0. The quantitative estimate of drug-likeness (QED) is 0.0168. The van der Waals surface area contributed by atoms with Crippen LogP contribution in [0, 0.1) is 44.7 Å². The normalized spacial score (nSPS) is 18.1. The molecule has 2 saturated heterocycles. The van der Waals surface area contributed by atoms with Gasteiger partial charge in [0.1, 0.15) is 35.0 Å². The van der Waals surface area contributed by atoms with Gasteiger partial charge in [-0.25, -0.2) is 18.4 Å². The summed E-state index contributed by atoms with van der Waals surface area (Å²) in [6, 6.07) is 19.8. The molecule has 4 aliphatic rings. The summed E-state index contributed by atoms with van der Waals surface area (Å²) in [5.74, 6) is -2.19. The van der Waals surface area contributed by atoms with Crippen LogP contribution in [0.1, 0.15) is 92.0 Å². The molecule has 3 heterocycles. The Bertz CT molecular complexity index is 2880. The number of benzene rings is 4. The van der Waals surface area contributed by atoms with Gasteiger partial charge in [-0.2, -0.15) is 0 Å². The van der Waals surface area contributed by atoms with Crippen molar-refractivity contribution >= 4 is 41.2 Å². The third-order valence-corrected chi connectivity index (χ3v) is 14.7. The summed E-state index contributed by atoms with van der Waals surface area (Å²) in [6.07, 6.45) is 1.92. The number of unbranched alkanes of at least 4 members (excludes halogenated alkanes) is 1. The lowest BCUT2D eigenvalue weighted by Gasteiger charge is -2.50. The van der Waals surface area contributed by atoms with E-state index in [9.17, 15) is 43.4 Å². The molecule has 3 fully saturated rings. The van der Waals surface area contributed by atoms with E-state index in [1.807, 2.05) is 54.3 Å². The molecular weight excluding hydrogens is 1040 g/mol. The van der Waals surface area contributed by atoms with Crippen LogP contribution in [-0.2, 0) is 48.3 Å². The first-order chi connectivity index (χ1) is 37.6. The first-order valence-electron chi connectivity index (χ1n) is 25.9. The number of piperidine rings is 2. The highest BCUT2D eigenvalue weighted by Gasteiger charge is 2.51. The maximum atomic E-state index is 15.7. The van der Waals surface area contributed by atoms with Crippen molar-refractivity contribution in [2.24, 2.45) is 5.92 Å². The standard InChI is InChI=1S/C55H60ClF2N5O15/c1-34-27-36(12-19-48(34)72-2)32-60(40-15-16-40)53(65)49-44(38-13-10-35(11-14-38)8-6-25-73-51-46(58)18-17-45(57)50(51)56)31-41-29-39(30-47(49)61(41)54(66)74-24-3-4-26-75-62(68)69)52(64)59-22-20-42(21-23-59)77-55(67)78-43-9-5-7-37(28-43)33-76-63(70)71/h5,7,9-14,17-19,27-28,39-42,47H,3-4,6,8,15-16,20-26,29-33H2,1-2H3. The van der Waals surface area contributed by atoms with Gasteiger partial charge >= 0.3 is 12.2 Å². The molecule has 0 N–H and O–H groups in total. The molecule has 0 spiro atoms. The lowest BCUT2D eigenvalue weighted by Crippen LogP contribution is -2.59. The summed E-state index contributed by atoms with van der Waals surface area (Å²) in [5, 5.41) is 19.1. The summed E-state index contributed by atoms with van der Waals surface area (Å²) >= 11 is 5.96. The van der Waals surface area contributed by atoms with E-state index in [-0.39, 0.29) is 108 Å². The Kier molecular flexibility index (Phi) is 18.9. The maximum absolute atomic E-state index is 15.7. The zero-order valence-electron chi connectivity index (χ0n) is 43.1. The Morgan fingerprint density at radius 1 is 0.808 bits per heavy atom.